The van der Waals surface area contributed by atoms with Crippen LogP contribution in [0.4, 0.5) is 5.69 Å². The van der Waals surface area contributed by atoms with Crippen LogP contribution < -0.4 is 20.7 Å². The molecule has 3 fully saturated rings. The van der Waals surface area contributed by atoms with E-state index in [1.54, 1.807) is 28.6 Å². The van der Waals surface area contributed by atoms with Crippen molar-refractivity contribution in [2.45, 2.75) is 56.9 Å². The molecule has 234 valence electrons. The first kappa shape index (κ1) is 31.2. The molecule has 0 spiro atoms. The number of carbonyl (C=O) groups excluding carboxylic acids is 2. The number of sulfonamides is 1. The molecule has 2 amide bonds. The largest absolute Gasteiger partial charge is 0.490 e. The van der Waals surface area contributed by atoms with Gasteiger partial charge in [-0.15, -0.1) is 0 Å². The van der Waals surface area contributed by atoms with Gasteiger partial charge in [0.2, 0.25) is 15.9 Å². The number of nitrogens with one attached hydrogen (secondary N) is 1. The molecule has 2 atom stereocenters. The van der Waals surface area contributed by atoms with E-state index >= 15 is 0 Å². The van der Waals surface area contributed by atoms with Gasteiger partial charge in [-0.25, -0.2) is 12.7 Å². The highest BCUT2D eigenvalue weighted by Gasteiger charge is 2.38. The molecule has 43 heavy (non-hydrogen) atoms. The van der Waals surface area contributed by atoms with Crippen LogP contribution in [0.25, 0.3) is 0 Å². The molecule has 2 aromatic rings. The van der Waals surface area contributed by atoms with E-state index in [0.29, 0.717) is 69.5 Å². The van der Waals surface area contributed by atoms with Gasteiger partial charge in [-0.3, -0.25) is 9.59 Å². The van der Waals surface area contributed by atoms with Gasteiger partial charge in [0.1, 0.15) is 17.9 Å². The van der Waals surface area contributed by atoms with Crippen molar-refractivity contribution < 1.29 is 27.5 Å². The average molecular weight is 614 g/mol. The van der Waals surface area contributed by atoms with Crippen LogP contribution in [-0.2, 0) is 24.3 Å². The first-order valence-electron chi connectivity index (χ1n) is 15.1. The van der Waals surface area contributed by atoms with E-state index in [-0.39, 0.29) is 17.8 Å². The van der Waals surface area contributed by atoms with Crippen LogP contribution in [0.1, 0.15) is 42.9 Å². The molecular formula is C31H43N5O6S. The minimum absolute atomic E-state index is 0.0948. The van der Waals surface area contributed by atoms with E-state index in [0.717, 1.165) is 24.1 Å². The molecule has 0 radical (unpaired) electrons. The molecule has 11 nitrogen and oxygen atoms in total. The second-order valence-electron chi connectivity index (χ2n) is 11.6. The number of methoxy groups -OCH3 is 1. The molecule has 2 aliphatic heterocycles. The number of primary amides is 1. The van der Waals surface area contributed by atoms with Gasteiger partial charge in [-0.2, -0.15) is 0 Å². The maximum absolute atomic E-state index is 13.7. The summed E-state index contributed by atoms with van der Waals surface area (Å²) in [6.07, 6.45) is 2.49. The Morgan fingerprint density at radius 2 is 1.70 bits per heavy atom. The number of ether oxygens (including phenoxy) is 2. The zero-order valence-corrected chi connectivity index (χ0v) is 25.8. The molecule has 1 saturated carbocycles. The molecule has 0 aromatic heterocycles. The van der Waals surface area contributed by atoms with Crippen molar-refractivity contribution in [1.82, 2.24) is 14.5 Å². The van der Waals surface area contributed by atoms with Crippen LogP contribution in [0.3, 0.4) is 0 Å². The Bertz CT molecular complexity index is 1380. The van der Waals surface area contributed by atoms with Crippen molar-refractivity contribution in [1.29, 1.82) is 0 Å². The highest BCUT2D eigenvalue weighted by Crippen LogP contribution is 2.28. The molecule has 2 saturated heterocycles. The van der Waals surface area contributed by atoms with Crippen LogP contribution in [0.2, 0.25) is 0 Å². The standard InChI is InChI=1S/C31H43N5O6S/c1-22-5-3-4-6-27(22)34-18-19-36(28(21-34)30(32)37)31(38)29(41-2)23-7-11-25(12-8-23)42-26-13-16-35(17-14-26)43(39,40)20-15-33-24-9-10-24/h3-8,11-12,24,26,28-29,33H,9-10,13-21H2,1-2H3,(H2,32,37). The Kier molecular flexibility index (Phi) is 9.90. The molecule has 2 unspecified atom stereocenters. The average Bonchev–Trinajstić information content (AvgIpc) is 3.83. The fourth-order valence-electron chi connectivity index (χ4n) is 5.91. The van der Waals surface area contributed by atoms with E-state index in [2.05, 4.69) is 10.2 Å². The fourth-order valence-corrected chi connectivity index (χ4v) is 7.31. The smallest absolute Gasteiger partial charge is 0.257 e. The maximum Gasteiger partial charge on any atom is 0.257 e. The molecule has 0 bridgehead atoms. The lowest BCUT2D eigenvalue weighted by atomic mass is 10.0. The van der Waals surface area contributed by atoms with Gasteiger partial charge >= 0.3 is 0 Å². The van der Waals surface area contributed by atoms with Crippen LogP contribution >= 0.6 is 0 Å². The Balaban J connectivity index is 1.16. The first-order chi connectivity index (χ1) is 20.7. The van der Waals surface area contributed by atoms with Gasteiger partial charge in [0.15, 0.2) is 6.10 Å². The Labute approximate surface area is 254 Å². The third-order valence-electron chi connectivity index (χ3n) is 8.56. The SMILES string of the molecule is COC(C(=O)N1CCN(c2ccccc2C)CC1C(N)=O)c1ccc(OC2CCN(S(=O)(=O)CCNC3CC3)CC2)cc1. The fraction of sp³-hybridized carbons (Fsp3) is 0.548. The lowest BCUT2D eigenvalue weighted by Gasteiger charge is -2.42. The van der Waals surface area contributed by atoms with Gasteiger partial charge in [-0.05, 0) is 61.9 Å². The van der Waals surface area contributed by atoms with Crippen molar-refractivity contribution >= 4 is 27.5 Å². The zero-order chi connectivity index (χ0) is 30.6. The predicted molar refractivity (Wildman–Crippen MR) is 164 cm³/mol. The van der Waals surface area contributed by atoms with Crippen LogP contribution in [-0.4, -0.2) is 99.8 Å². The minimum atomic E-state index is -3.28. The number of para-hydroxylation sites is 1. The van der Waals surface area contributed by atoms with E-state index in [9.17, 15) is 18.0 Å². The maximum atomic E-state index is 13.7. The third-order valence-corrected chi connectivity index (χ3v) is 10.4. The number of aryl methyl sites for hydroxylation is 1. The Morgan fingerprint density at radius 1 is 1.00 bits per heavy atom. The second-order valence-corrected chi connectivity index (χ2v) is 13.7. The minimum Gasteiger partial charge on any atom is -0.490 e. The summed E-state index contributed by atoms with van der Waals surface area (Å²) < 4.78 is 38.7. The molecule has 12 heteroatoms. The van der Waals surface area contributed by atoms with Crippen molar-refractivity contribution in [2.24, 2.45) is 5.73 Å². The summed E-state index contributed by atoms with van der Waals surface area (Å²) in [6, 6.07) is 14.8. The van der Waals surface area contributed by atoms with Gasteiger partial charge in [0, 0.05) is 58.1 Å². The summed E-state index contributed by atoms with van der Waals surface area (Å²) in [5.41, 5.74) is 8.53. The molecule has 1 aliphatic carbocycles. The highest BCUT2D eigenvalue weighted by atomic mass is 32.2. The summed E-state index contributed by atoms with van der Waals surface area (Å²) in [6.45, 7) is 4.61. The van der Waals surface area contributed by atoms with Crippen LogP contribution in [0.5, 0.6) is 5.75 Å². The number of amides is 2. The number of rotatable bonds is 12. The summed E-state index contributed by atoms with van der Waals surface area (Å²) in [4.78, 5) is 29.7. The van der Waals surface area contributed by atoms with Crippen LogP contribution in [0, 0.1) is 6.92 Å². The molecule has 3 aliphatic rings. The number of nitrogens with zero attached hydrogens (tertiary/aromatic N) is 3. The van der Waals surface area contributed by atoms with Crippen molar-refractivity contribution in [3.63, 3.8) is 0 Å². The molecule has 2 aromatic carbocycles. The van der Waals surface area contributed by atoms with Gasteiger partial charge in [-0.1, -0.05) is 30.3 Å². The van der Waals surface area contributed by atoms with E-state index in [4.69, 9.17) is 15.2 Å². The topological polar surface area (TPSA) is 135 Å². The Morgan fingerprint density at radius 3 is 2.33 bits per heavy atom. The number of anilines is 1. The first-order valence-corrected chi connectivity index (χ1v) is 16.7. The van der Waals surface area contributed by atoms with Crippen LogP contribution in [0.15, 0.2) is 48.5 Å². The number of benzene rings is 2. The summed E-state index contributed by atoms with van der Waals surface area (Å²) in [5, 5.41) is 3.27. The summed E-state index contributed by atoms with van der Waals surface area (Å²) >= 11 is 0. The second kappa shape index (κ2) is 13.6. The number of hydrogen-bond acceptors (Lipinski definition) is 8. The van der Waals surface area contributed by atoms with Gasteiger partial charge < -0.3 is 30.3 Å². The molecule has 2 heterocycles. The number of hydrogen-bond donors (Lipinski definition) is 2. The van der Waals surface area contributed by atoms with Gasteiger partial charge in [0.25, 0.3) is 5.91 Å². The van der Waals surface area contributed by atoms with E-state index in [1.807, 2.05) is 31.2 Å². The number of piperazine rings is 1. The van der Waals surface area contributed by atoms with Crippen molar-refractivity contribution in [3.8, 4) is 5.75 Å². The molecule has 5 rings (SSSR count). The lowest BCUT2D eigenvalue weighted by Crippen LogP contribution is -2.61. The summed E-state index contributed by atoms with van der Waals surface area (Å²) in [7, 11) is -1.81. The van der Waals surface area contributed by atoms with E-state index < -0.39 is 28.1 Å². The third kappa shape index (κ3) is 7.67. The van der Waals surface area contributed by atoms with Gasteiger partial charge in [0.05, 0.1) is 5.75 Å². The number of nitrogens with two attached hydrogens (primary N) is 1. The molecular weight excluding hydrogens is 570 g/mol. The zero-order valence-electron chi connectivity index (χ0n) is 25.0. The van der Waals surface area contributed by atoms with E-state index in [1.165, 1.54) is 12.0 Å². The summed E-state index contributed by atoms with van der Waals surface area (Å²) in [5.74, 6) is -0.106. The Hall–Kier alpha value is -3.19. The van der Waals surface area contributed by atoms with Crippen molar-refractivity contribution in [3.05, 3.63) is 59.7 Å². The predicted octanol–water partition coefficient (Wildman–Crippen LogP) is 1.81. The quantitative estimate of drug-likeness (QED) is 0.370. The lowest BCUT2D eigenvalue weighted by molar-refractivity contribution is -0.149. The number of piperidine rings is 1. The monoisotopic (exact) mass is 613 g/mol. The normalized spacial score (nSPS) is 21.0. The highest BCUT2D eigenvalue weighted by molar-refractivity contribution is 7.89. The molecule has 3 N–H and O–H groups in total. The number of carbonyl (C=O) groups is 2. The van der Waals surface area contributed by atoms with Crippen molar-refractivity contribution in [2.75, 3.05) is 57.0 Å².